The van der Waals surface area contributed by atoms with Gasteiger partial charge in [-0.15, -0.1) is 0 Å². The average Bonchev–Trinajstić information content (AvgIpc) is 2.91. The molecule has 2 atom stereocenters. The molecule has 34 heavy (non-hydrogen) atoms. The third-order valence-corrected chi connectivity index (χ3v) is 7.96. The number of hydrogen-bond acceptors (Lipinski definition) is 1. The molecule has 0 saturated heterocycles. The largest absolute Gasteiger partial charge is 0.297 e. The quantitative estimate of drug-likeness (QED) is 0.173. The summed E-state index contributed by atoms with van der Waals surface area (Å²) >= 11 is 7.52. The number of hydrogen-bond donors (Lipinski definition) is 0. The Morgan fingerprint density at radius 3 is 0.941 bits per heavy atom. The SMILES string of the molecule is O=C(C(Br)CC(c1ccccc1)c1ccccc1)C(Br)CC(c1ccccc1)c1ccccc1. The summed E-state index contributed by atoms with van der Waals surface area (Å²) in [5, 5.41) is 0. The molecule has 0 aliphatic carbocycles. The Balaban J connectivity index is 1.52. The summed E-state index contributed by atoms with van der Waals surface area (Å²) in [6.07, 6.45) is 1.41. The molecule has 0 heterocycles. The van der Waals surface area contributed by atoms with E-state index in [1.165, 1.54) is 22.3 Å². The smallest absolute Gasteiger partial charge is 0.160 e. The normalized spacial score (nSPS) is 13.1. The van der Waals surface area contributed by atoms with Crippen LogP contribution in [-0.2, 0) is 4.79 Å². The van der Waals surface area contributed by atoms with Gasteiger partial charge in [0.1, 0.15) is 0 Å². The van der Waals surface area contributed by atoms with Crippen LogP contribution in [-0.4, -0.2) is 15.4 Å². The van der Waals surface area contributed by atoms with E-state index in [1.54, 1.807) is 0 Å². The molecule has 0 saturated carbocycles. The lowest BCUT2D eigenvalue weighted by Crippen LogP contribution is -2.27. The molecular formula is C31H28Br2O. The first kappa shape index (κ1) is 24.6. The van der Waals surface area contributed by atoms with Gasteiger partial charge in [0.2, 0.25) is 0 Å². The van der Waals surface area contributed by atoms with Crippen molar-refractivity contribution in [3.05, 3.63) is 144 Å². The lowest BCUT2D eigenvalue weighted by molar-refractivity contribution is -0.118. The summed E-state index contributed by atoms with van der Waals surface area (Å²) in [5.74, 6) is 0.484. The van der Waals surface area contributed by atoms with Crippen LogP contribution in [0.1, 0.15) is 46.9 Å². The molecule has 2 unspecified atom stereocenters. The van der Waals surface area contributed by atoms with Gasteiger partial charge in [-0.1, -0.05) is 153 Å². The first-order valence-corrected chi connectivity index (χ1v) is 13.5. The van der Waals surface area contributed by atoms with E-state index in [9.17, 15) is 4.79 Å². The van der Waals surface area contributed by atoms with Gasteiger partial charge in [-0.05, 0) is 35.1 Å². The summed E-state index contributed by atoms with van der Waals surface area (Å²) in [4.78, 5) is 13.0. The summed E-state index contributed by atoms with van der Waals surface area (Å²) < 4.78 is 0. The van der Waals surface area contributed by atoms with Crippen LogP contribution >= 0.6 is 31.9 Å². The first-order chi connectivity index (χ1) is 16.6. The molecule has 1 nitrogen and oxygen atoms in total. The van der Waals surface area contributed by atoms with Crippen molar-refractivity contribution < 1.29 is 4.79 Å². The predicted octanol–water partition coefficient (Wildman–Crippen LogP) is 8.53. The number of carbonyl (C=O) groups excluding carboxylic acids is 1. The highest BCUT2D eigenvalue weighted by molar-refractivity contribution is 9.10. The van der Waals surface area contributed by atoms with E-state index < -0.39 is 0 Å². The zero-order valence-corrected chi connectivity index (χ0v) is 22.1. The maximum Gasteiger partial charge on any atom is 0.160 e. The molecule has 0 amide bonds. The number of halogens is 2. The Hall–Kier alpha value is -2.49. The van der Waals surface area contributed by atoms with Crippen LogP contribution in [0.3, 0.4) is 0 Å². The van der Waals surface area contributed by atoms with Crippen LogP contribution in [0.15, 0.2) is 121 Å². The fourth-order valence-corrected chi connectivity index (χ4v) is 6.25. The molecule has 4 rings (SSSR count). The number of carbonyl (C=O) groups is 1. The fraction of sp³-hybridized carbons (Fsp3) is 0.194. The highest BCUT2D eigenvalue weighted by Crippen LogP contribution is 2.35. The minimum atomic E-state index is -0.255. The molecule has 4 aromatic rings. The summed E-state index contributed by atoms with van der Waals surface area (Å²) in [5.41, 5.74) is 4.90. The summed E-state index contributed by atoms with van der Waals surface area (Å²) in [7, 11) is 0. The van der Waals surface area contributed by atoms with Gasteiger partial charge in [0.05, 0.1) is 9.65 Å². The third kappa shape index (κ3) is 6.34. The highest BCUT2D eigenvalue weighted by atomic mass is 79.9. The second-order valence-electron chi connectivity index (χ2n) is 8.56. The van der Waals surface area contributed by atoms with Crippen LogP contribution < -0.4 is 0 Å². The molecule has 0 fully saturated rings. The fourth-order valence-electron chi connectivity index (χ4n) is 4.51. The molecule has 3 heteroatoms. The Bertz CT molecular complexity index is 975. The summed E-state index contributed by atoms with van der Waals surface area (Å²) in [6, 6.07) is 41.8. The van der Waals surface area contributed by atoms with Crippen molar-refractivity contribution in [2.24, 2.45) is 0 Å². The number of benzene rings is 4. The van der Waals surface area contributed by atoms with Gasteiger partial charge in [-0.25, -0.2) is 0 Å². The number of ketones is 1. The van der Waals surface area contributed by atoms with E-state index >= 15 is 0 Å². The van der Waals surface area contributed by atoms with E-state index in [4.69, 9.17) is 0 Å². The lowest BCUT2D eigenvalue weighted by Gasteiger charge is -2.24. The average molecular weight is 576 g/mol. The monoisotopic (exact) mass is 574 g/mol. The van der Waals surface area contributed by atoms with Crippen molar-refractivity contribution in [1.82, 2.24) is 0 Å². The first-order valence-electron chi connectivity index (χ1n) is 11.6. The van der Waals surface area contributed by atoms with Crippen LogP contribution in [0.5, 0.6) is 0 Å². The zero-order valence-electron chi connectivity index (χ0n) is 18.9. The van der Waals surface area contributed by atoms with Crippen molar-refractivity contribution in [3.8, 4) is 0 Å². The number of Topliss-reactive ketones (excluding diaryl/α,β-unsaturated/α-hetero) is 1. The van der Waals surface area contributed by atoms with Gasteiger partial charge in [-0.2, -0.15) is 0 Å². The van der Waals surface area contributed by atoms with E-state index in [-0.39, 0.29) is 27.3 Å². The van der Waals surface area contributed by atoms with E-state index in [0.29, 0.717) is 12.8 Å². The minimum absolute atomic E-state index is 0.148. The van der Waals surface area contributed by atoms with Crippen molar-refractivity contribution in [2.75, 3.05) is 0 Å². The maximum absolute atomic E-state index is 13.5. The lowest BCUT2D eigenvalue weighted by atomic mass is 9.84. The maximum atomic E-state index is 13.5. The van der Waals surface area contributed by atoms with Gasteiger partial charge in [0, 0.05) is 11.8 Å². The van der Waals surface area contributed by atoms with Gasteiger partial charge in [0.25, 0.3) is 0 Å². The van der Waals surface area contributed by atoms with Crippen molar-refractivity contribution in [3.63, 3.8) is 0 Å². The van der Waals surface area contributed by atoms with Gasteiger partial charge in [0.15, 0.2) is 5.78 Å². The topological polar surface area (TPSA) is 17.1 Å². The molecule has 0 spiro atoms. The minimum Gasteiger partial charge on any atom is -0.297 e. The van der Waals surface area contributed by atoms with Gasteiger partial charge in [-0.3, -0.25) is 4.79 Å². The van der Waals surface area contributed by atoms with E-state index in [2.05, 4.69) is 129 Å². The second kappa shape index (κ2) is 12.3. The Morgan fingerprint density at radius 1 is 0.471 bits per heavy atom. The molecule has 0 N–H and O–H groups in total. The van der Waals surface area contributed by atoms with Crippen LogP contribution in [0.4, 0.5) is 0 Å². The van der Waals surface area contributed by atoms with Crippen molar-refractivity contribution in [2.45, 2.75) is 34.3 Å². The molecule has 0 aromatic heterocycles. The number of rotatable bonds is 10. The molecular weight excluding hydrogens is 548 g/mol. The van der Waals surface area contributed by atoms with Crippen molar-refractivity contribution in [1.29, 1.82) is 0 Å². The van der Waals surface area contributed by atoms with E-state index in [0.717, 1.165) is 0 Å². The molecule has 4 aromatic carbocycles. The molecule has 0 aliphatic heterocycles. The highest BCUT2D eigenvalue weighted by Gasteiger charge is 2.29. The molecule has 0 radical (unpaired) electrons. The van der Waals surface area contributed by atoms with Crippen LogP contribution in [0.2, 0.25) is 0 Å². The van der Waals surface area contributed by atoms with Crippen LogP contribution in [0.25, 0.3) is 0 Å². The molecule has 172 valence electrons. The number of alkyl halides is 2. The van der Waals surface area contributed by atoms with Gasteiger partial charge >= 0.3 is 0 Å². The van der Waals surface area contributed by atoms with E-state index in [1.807, 2.05) is 24.3 Å². The Kier molecular flexibility index (Phi) is 8.90. The predicted molar refractivity (Wildman–Crippen MR) is 149 cm³/mol. The Morgan fingerprint density at radius 2 is 0.706 bits per heavy atom. The third-order valence-electron chi connectivity index (χ3n) is 6.31. The van der Waals surface area contributed by atoms with Crippen molar-refractivity contribution >= 4 is 37.6 Å². The second-order valence-corrected chi connectivity index (χ2v) is 10.8. The summed E-state index contributed by atoms with van der Waals surface area (Å²) in [6.45, 7) is 0. The Labute approximate surface area is 219 Å². The van der Waals surface area contributed by atoms with Crippen LogP contribution in [0, 0.1) is 0 Å². The standard InChI is InChI=1S/C31H28Br2O/c32-29(21-27(23-13-5-1-6-14-23)24-15-7-2-8-16-24)31(34)30(33)22-28(25-17-9-3-10-18-25)26-19-11-4-12-20-26/h1-20,27-30H,21-22H2. The van der Waals surface area contributed by atoms with Gasteiger partial charge < -0.3 is 0 Å². The zero-order chi connectivity index (χ0) is 23.8. The molecule has 0 bridgehead atoms. The molecule has 0 aliphatic rings.